The second-order valence-electron chi connectivity index (χ2n) is 9.61. The summed E-state index contributed by atoms with van der Waals surface area (Å²) in [7, 11) is 0. The van der Waals surface area contributed by atoms with Gasteiger partial charge in [0.1, 0.15) is 24.9 Å². The first kappa shape index (κ1) is 28.3. The fraction of sp³-hybridized carbons (Fsp3) is 0.556. The largest absolute Gasteiger partial charge is 0.462 e. The van der Waals surface area contributed by atoms with E-state index < -0.39 is 55.9 Å². The number of aliphatic hydroxyl groups excluding tert-OH is 2. The molecule has 202 valence electrons. The number of hydrogen-bond acceptors (Lipinski definition) is 10. The maximum atomic E-state index is 13.1. The van der Waals surface area contributed by atoms with E-state index in [2.05, 4.69) is 13.2 Å². The van der Waals surface area contributed by atoms with Gasteiger partial charge in [0.05, 0.1) is 30.3 Å². The molecule has 1 saturated heterocycles. The van der Waals surface area contributed by atoms with Gasteiger partial charge in [-0.05, 0) is 25.3 Å². The zero-order valence-corrected chi connectivity index (χ0v) is 21.3. The third-order valence-corrected chi connectivity index (χ3v) is 7.49. The van der Waals surface area contributed by atoms with Crippen molar-refractivity contribution in [3.05, 3.63) is 47.6 Å². The lowest BCUT2D eigenvalue weighted by Gasteiger charge is -2.30. The number of carbonyl (C=O) groups is 4. The van der Waals surface area contributed by atoms with Crippen LogP contribution in [0.3, 0.4) is 0 Å². The van der Waals surface area contributed by atoms with Gasteiger partial charge in [0.25, 0.3) is 0 Å². The summed E-state index contributed by atoms with van der Waals surface area (Å²) < 4.78 is 22.2. The van der Waals surface area contributed by atoms with Crippen LogP contribution < -0.4 is 0 Å². The topological polar surface area (TPSA) is 146 Å². The van der Waals surface area contributed by atoms with E-state index in [-0.39, 0.29) is 53.0 Å². The number of allylic oxidation sites excluding steroid dienone is 1. The van der Waals surface area contributed by atoms with E-state index in [1.807, 2.05) is 6.92 Å². The number of esters is 4. The van der Waals surface area contributed by atoms with Gasteiger partial charge in [-0.3, -0.25) is 4.79 Å². The van der Waals surface area contributed by atoms with Gasteiger partial charge < -0.3 is 29.2 Å². The average molecular weight is 519 g/mol. The number of ether oxygens (including phenoxy) is 4. The number of hydrogen-bond donors (Lipinski definition) is 2. The fourth-order valence-electron chi connectivity index (χ4n) is 5.62. The van der Waals surface area contributed by atoms with Crippen molar-refractivity contribution in [2.45, 2.75) is 51.9 Å². The maximum Gasteiger partial charge on any atom is 0.337 e. The van der Waals surface area contributed by atoms with Crippen LogP contribution in [0.4, 0.5) is 0 Å². The highest BCUT2D eigenvalue weighted by Gasteiger charge is 2.58. The van der Waals surface area contributed by atoms with Crippen molar-refractivity contribution in [1.29, 1.82) is 0 Å². The number of fused-ring (bicyclic) bond motifs is 3. The smallest absolute Gasteiger partial charge is 0.337 e. The monoisotopic (exact) mass is 518 g/mol. The van der Waals surface area contributed by atoms with Crippen LogP contribution in [0.25, 0.3) is 0 Å². The van der Waals surface area contributed by atoms with E-state index in [1.165, 1.54) is 19.1 Å². The van der Waals surface area contributed by atoms with Crippen molar-refractivity contribution >= 4 is 23.9 Å². The van der Waals surface area contributed by atoms with Gasteiger partial charge in [-0.25, -0.2) is 14.4 Å². The molecule has 37 heavy (non-hydrogen) atoms. The predicted octanol–water partition coefficient (Wildman–Crippen LogP) is 1.56. The Hall–Kier alpha value is -3.24. The highest BCUT2D eigenvalue weighted by Crippen LogP contribution is 2.53. The van der Waals surface area contributed by atoms with Crippen LogP contribution in [0, 0.1) is 23.7 Å². The average Bonchev–Trinajstić information content (AvgIpc) is 3.27. The van der Waals surface area contributed by atoms with Gasteiger partial charge in [-0.15, -0.1) is 0 Å². The van der Waals surface area contributed by atoms with Gasteiger partial charge in [-0.1, -0.05) is 31.7 Å². The Bertz CT molecular complexity index is 1040. The highest BCUT2D eigenvalue weighted by atomic mass is 16.6. The summed E-state index contributed by atoms with van der Waals surface area (Å²) in [5.74, 6) is -3.73. The molecule has 3 rings (SSSR count). The molecule has 3 aliphatic rings. The first-order chi connectivity index (χ1) is 17.5. The summed E-state index contributed by atoms with van der Waals surface area (Å²) in [5.41, 5.74) is 0.877. The number of carbonyl (C=O) groups excluding carboxylic acids is 4. The van der Waals surface area contributed by atoms with Crippen LogP contribution >= 0.6 is 0 Å². The molecule has 0 aromatic rings. The van der Waals surface area contributed by atoms with Crippen LogP contribution in [0.5, 0.6) is 0 Å². The normalized spacial score (nSPS) is 31.7. The molecular weight excluding hydrogens is 484 g/mol. The fourth-order valence-corrected chi connectivity index (χ4v) is 5.62. The maximum absolute atomic E-state index is 13.1. The zero-order chi connectivity index (χ0) is 27.4. The highest BCUT2D eigenvalue weighted by molar-refractivity contribution is 5.93. The quantitative estimate of drug-likeness (QED) is 0.210. The van der Waals surface area contributed by atoms with Crippen LogP contribution in [-0.4, -0.2) is 72.2 Å². The molecule has 2 saturated carbocycles. The Balaban J connectivity index is 1.82. The van der Waals surface area contributed by atoms with E-state index >= 15 is 0 Å². The summed E-state index contributed by atoms with van der Waals surface area (Å²) >= 11 is 0. The molecule has 1 aliphatic heterocycles. The van der Waals surface area contributed by atoms with E-state index in [9.17, 15) is 29.4 Å². The Labute approximate surface area is 215 Å². The molecule has 10 heteroatoms. The summed E-state index contributed by atoms with van der Waals surface area (Å²) in [5, 5.41) is 18.6. The van der Waals surface area contributed by atoms with Crippen molar-refractivity contribution in [3.63, 3.8) is 0 Å². The molecule has 0 spiro atoms. The van der Waals surface area contributed by atoms with Crippen LogP contribution in [0.15, 0.2) is 47.6 Å². The van der Waals surface area contributed by atoms with Crippen molar-refractivity contribution < 1.29 is 48.3 Å². The van der Waals surface area contributed by atoms with Crippen LogP contribution in [0.1, 0.15) is 33.6 Å². The summed E-state index contributed by atoms with van der Waals surface area (Å²) in [6.45, 7) is 11.4. The minimum Gasteiger partial charge on any atom is -0.462 e. The van der Waals surface area contributed by atoms with Gasteiger partial charge in [-0.2, -0.15) is 0 Å². The molecule has 0 bridgehead atoms. The van der Waals surface area contributed by atoms with Crippen molar-refractivity contribution in [3.8, 4) is 0 Å². The molecule has 7 atom stereocenters. The first-order valence-corrected chi connectivity index (χ1v) is 12.2. The minimum absolute atomic E-state index is 0.0188. The lowest BCUT2D eigenvalue weighted by molar-refractivity contribution is -0.153. The summed E-state index contributed by atoms with van der Waals surface area (Å²) in [6.07, 6.45) is 1.45. The molecule has 2 N–H and O–H groups in total. The predicted molar refractivity (Wildman–Crippen MR) is 129 cm³/mol. The number of aliphatic hydroxyl groups is 2. The van der Waals surface area contributed by atoms with E-state index in [4.69, 9.17) is 18.9 Å². The summed E-state index contributed by atoms with van der Waals surface area (Å²) in [4.78, 5) is 49.4. The van der Waals surface area contributed by atoms with Crippen LogP contribution in [-0.2, 0) is 38.1 Å². The van der Waals surface area contributed by atoms with Gasteiger partial charge in [0.15, 0.2) is 0 Å². The lowest BCUT2D eigenvalue weighted by atomic mass is 9.79. The second kappa shape index (κ2) is 11.9. The van der Waals surface area contributed by atoms with E-state index in [0.717, 1.165) is 5.57 Å². The Morgan fingerprint density at radius 2 is 1.81 bits per heavy atom. The lowest BCUT2D eigenvalue weighted by Crippen LogP contribution is -2.38. The van der Waals surface area contributed by atoms with Gasteiger partial charge in [0, 0.05) is 30.8 Å². The van der Waals surface area contributed by atoms with Gasteiger partial charge >= 0.3 is 23.9 Å². The zero-order valence-electron chi connectivity index (χ0n) is 21.3. The summed E-state index contributed by atoms with van der Waals surface area (Å²) in [6, 6.07) is 0. The molecule has 2 aliphatic carbocycles. The molecule has 0 aromatic heterocycles. The number of rotatable bonds is 8. The molecule has 0 amide bonds. The van der Waals surface area contributed by atoms with Crippen molar-refractivity contribution in [2.24, 2.45) is 23.7 Å². The molecule has 3 fully saturated rings. The Morgan fingerprint density at radius 1 is 1.11 bits per heavy atom. The Kier molecular flexibility index (Phi) is 9.09. The molecule has 0 radical (unpaired) electrons. The standard InChI is InChI=1S/C27H34O10/c1-6-17(11-29)26(32)34-12-18(7-8-28)27(33)36-21-9-13(2)19-10-20(35-16(5)30)14(3)22(19)24-23(21)15(4)25(31)37-24/h6-7,14,19-24,28-29H,2,4,8-12H2,1,3,5H3/b17-6+,18-7+/t14-,19+,20+,21-,22+,23-,24-/m1/s1. The molecule has 0 aromatic carbocycles. The molecule has 10 nitrogen and oxygen atoms in total. The third-order valence-electron chi connectivity index (χ3n) is 7.49. The second-order valence-corrected chi connectivity index (χ2v) is 9.61. The van der Waals surface area contributed by atoms with E-state index in [1.54, 1.807) is 6.92 Å². The SMILES string of the molecule is C=C1C(=O)O[C@H]2[C@H]1[C@H](OC(=O)/C(=C/CO)COC(=O)/C(=C/C)CO)CC(=C)[C@@H]1C[C@H](OC(C)=O)[C@@H](C)[C@H]21. The first-order valence-electron chi connectivity index (χ1n) is 12.2. The van der Waals surface area contributed by atoms with Crippen molar-refractivity contribution in [1.82, 2.24) is 0 Å². The molecular formula is C27H34O10. The minimum atomic E-state index is -0.838. The van der Waals surface area contributed by atoms with Crippen molar-refractivity contribution in [2.75, 3.05) is 19.8 Å². The van der Waals surface area contributed by atoms with E-state index in [0.29, 0.717) is 6.42 Å². The third kappa shape index (κ3) is 5.86. The van der Waals surface area contributed by atoms with Crippen LogP contribution in [0.2, 0.25) is 0 Å². The Morgan fingerprint density at radius 3 is 2.41 bits per heavy atom. The molecule has 1 heterocycles. The van der Waals surface area contributed by atoms with Gasteiger partial charge in [0.2, 0.25) is 0 Å². The molecule has 0 unspecified atom stereocenters.